The number of nitrogens with one attached hydrogen (secondary N) is 1. The van der Waals surface area contributed by atoms with Gasteiger partial charge in [-0.25, -0.2) is 0 Å². The van der Waals surface area contributed by atoms with Crippen LogP contribution in [0.3, 0.4) is 0 Å². The Morgan fingerprint density at radius 3 is 2.59 bits per heavy atom. The molecule has 0 radical (unpaired) electrons. The maximum absolute atomic E-state index is 13.1. The van der Waals surface area contributed by atoms with E-state index in [0.717, 1.165) is 17.8 Å². The molecule has 0 saturated carbocycles. The Labute approximate surface area is 123 Å². The summed E-state index contributed by atoms with van der Waals surface area (Å²) in [5.41, 5.74) is 7.68. The fourth-order valence-electron chi connectivity index (χ4n) is 2.69. The molecule has 3 aromatic rings. The molecule has 5 nitrogen and oxygen atoms in total. The standard InChI is InChI=1S/C14H14F3N5/c1-7-13(8(2)22(6-18)21-7)10-3-9(14(15,16)17)4-12-11(10)5-19-20-12/h3-5H,6,18H2,1-2H3,(H,19,20). The van der Waals surface area contributed by atoms with Gasteiger partial charge in [-0.3, -0.25) is 9.78 Å². The fraction of sp³-hybridized carbons (Fsp3) is 0.286. The minimum Gasteiger partial charge on any atom is -0.312 e. The second kappa shape index (κ2) is 4.84. The van der Waals surface area contributed by atoms with Gasteiger partial charge in [0.25, 0.3) is 0 Å². The van der Waals surface area contributed by atoms with Crippen LogP contribution < -0.4 is 5.73 Å². The maximum Gasteiger partial charge on any atom is 0.416 e. The summed E-state index contributed by atoms with van der Waals surface area (Å²) in [5, 5.41) is 11.3. The summed E-state index contributed by atoms with van der Waals surface area (Å²) in [7, 11) is 0. The highest BCUT2D eigenvalue weighted by Gasteiger charge is 2.32. The quantitative estimate of drug-likeness (QED) is 0.764. The summed E-state index contributed by atoms with van der Waals surface area (Å²) in [6.45, 7) is 3.70. The Bertz CT molecular complexity index is 844. The van der Waals surface area contributed by atoms with Crippen LogP contribution in [0.25, 0.3) is 22.0 Å². The SMILES string of the molecule is Cc1nn(CN)c(C)c1-c1cc(C(F)(F)F)cc2[nH]ncc12. The molecule has 0 spiro atoms. The second-order valence-electron chi connectivity index (χ2n) is 5.08. The Kier molecular flexibility index (Phi) is 3.21. The van der Waals surface area contributed by atoms with E-state index in [-0.39, 0.29) is 6.67 Å². The fourth-order valence-corrected chi connectivity index (χ4v) is 2.69. The lowest BCUT2D eigenvalue weighted by Crippen LogP contribution is -2.10. The topological polar surface area (TPSA) is 72.5 Å². The molecule has 0 aliphatic heterocycles. The molecule has 0 atom stereocenters. The normalized spacial score (nSPS) is 12.3. The van der Waals surface area contributed by atoms with Gasteiger partial charge in [-0.05, 0) is 31.5 Å². The molecule has 116 valence electrons. The molecule has 0 amide bonds. The van der Waals surface area contributed by atoms with Gasteiger partial charge < -0.3 is 5.73 Å². The van der Waals surface area contributed by atoms with Gasteiger partial charge in [0.15, 0.2) is 0 Å². The van der Waals surface area contributed by atoms with E-state index in [4.69, 9.17) is 5.73 Å². The molecular formula is C14H14F3N5. The van der Waals surface area contributed by atoms with Gasteiger partial charge in [0, 0.05) is 16.6 Å². The number of rotatable bonds is 2. The molecule has 0 saturated heterocycles. The second-order valence-corrected chi connectivity index (χ2v) is 5.08. The van der Waals surface area contributed by atoms with Gasteiger partial charge in [0.1, 0.15) is 0 Å². The minimum absolute atomic E-state index is 0.167. The number of nitrogens with two attached hydrogens (primary N) is 1. The number of hydrogen-bond donors (Lipinski definition) is 2. The largest absolute Gasteiger partial charge is 0.416 e. The van der Waals surface area contributed by atoms with Crippen molar-refractivity contribution in [1.82, 2.24) is 20.0 Å². The van der Waals surface area contributed by atoms with Gasteiger partial charge in [0.05, 0.1) is 29.6 Å². The number of hydrogen-bond acceptors (Lipinski definition) is 3. The van der Waals surface area contributed by atoms with E-state index in [2.05, 4.69) is 15.3 Å². The van der Waals surface area contributed by atoms with Crippen molar-refractivity contribution in [3.8, 4) is 11.1 Å². The summed E-state index contributed by atoms with van der Waals surface area (Å²) < 4.78 is 40.9. The van der Waals surface area contributed by atoms with Crippen LogP contribution in [0.2, 0.25) is 0 Å². The first-order valence-electron chi connectivity index (χ1n) is 6.61. The molecule has 2 heterocycles. The molecule has 3 rings (SSSR count). The van der Waals surface area contributed by atoms with Crippen molar-refractivity contribution in [2.45, 2.75) is 26.7 Å². The number of aryl methyl sites for hydroxylation is 1. The van der Waals surface area contributed by atoms with E-state index < -0.39 is 11.7 Å². The average Bonchev–Trinajstić information content (AvgIpc) is 3.01. The van der Waals surface area contributed by atoms with Crippen molar-refractivity contribution in [3.63, 3.8) is 0 Å². The number of alkyl halides is 3. The lowest BCUT2D eigenvalue weighted by Gasteiger charge is -2.11. The van der Waals surface area contributed by atoms with Crippen LogP contribution in [0.15, 0.2) is 18.3 Å². The highest BCUT2D eigenvalue weighted by atomic mass is 19.4. The van der Waals surface area contributed by atoms with Crippen LogP contribution in [0.4, 0.5) is 13.2 Å². The van der Waals surface area contributed by atoms with Crippen LogP contribution in [0, 0.1) is 13.8 Å². The Hall–Kier alpha value is -2.35. The zero-order valence-corrected chi connectivity index (χ0v) is 12.0. The third kappa shape index (κ3) is 2.16. The number of halogens is 3. The first-order chi connectivity index (χ1) is 10.3. The van der Waals surface area contributed by atoms with E-state index in [9.17, 15) is 13.2 Å². The van der Waals surface area contributed by atoms with Crippen molar-refractivity contribution in [2.75, 3.05) is 0 Å². The number of aromatic amines is 1. The van der Waals surface area contributed by atoms with Crippen molar-refractivity contribution in [3.05, 3.63) is 35.3 Å². The van der Waals surface area contributed by atoms with Crippen LogP contribution in [-0.4, -0.2) is 20.0 Å². The first kappa shape index (κ1) is 14.6. The molecule has 1 aromatic carbocycles. The number of nitrogens with zero attached hydrogens (tertiary/aromatic N) is 3. The van der Waals surface area contributed by atoms with Gasteiger partial charge in [-0.1, -0.05) is 0 Å². The number of aromatic nitrogens is 4. The number of benzene rings is 1. The zero-order valence-electron chi connectivity index (χ0n) is 12.0. The molecule has 8 heteroatoms. The zero-order chi connectivity index (χ0) is 16.1. The van der Waals surface area contributed by atoms with Crippen molar-refractivity contribution >= 4 is 10.9 Å². The van der Waals surface area contributed by atoms with Gasteiger partial charge in [-0.2, -0.15) is 23.4 Å². The van der Waals surface area contributed by atoms with Crippen LogP contribution in [0.1, 0.15) is 17.0 Å². The van der Waals surface area contributed by atoms with Crippen molar-refractivity contribution < 1.29 is 13.2 Å². The third-order valence-electron chi connectivity index (χ3n) is 3.71. The van der Waals surface area contributed by atoms with Crippen molar-refractivity contribution in [1.29, 1.82) is 0 Å². The predicted octanol–water partition coefficient (Wildman–Crippen LogP) is 2.98. The van der Waals surface area contributed by atoms with Crippen molar-refractivity contribution in [2.24, 2.45) is 5.73 Å². The average molecular weight is 309 g/mol. The number of H-pyrrole nitrogens is 1. The van der Waals surface area contributed by atoms with E-state index in [1.165, 1.54) is 6.20 Å². The molecule has 0 bridgehead atoms. The molecular weight excluding hydrogens is 295 g/mol. The van der Waals surface area contributed by atoms with Crippen LogP contribution >= 0.6 is 0 Å². The lowest BCUT2D eigenvalue weighted by molar-refractivity contribution is -0.137. The lowest BCUT2D eigenvalue weighted by atomic mass is 9.97. The van der Waals surface area contributed by atoms with Gasteiger partial charge >= 0.3 is 6.18 Å². The van der Waals surface area contributed by atoms with Crippen LogP contribution in [-0.2, 0) is 12.8 Å². The Morgan fingerprint density at radius 1 is 1.27 bits per heavy atom. The monoisotopic (exact) mass is 309 g/mol. The molecule has 0 aliphatic rings. The predicted molar refractivity (Wildman–Crippen MR) is 76.0 cm³/mol. The molecule has 0 unspecified atom stereocenters. The summed E-state index contributed by atoms with van der Waals surface area (Å²) in [4.78, 5) is 0. The summed E-state index contributed by atoms with van der Waals surface area (Å²) in [5.74, 6) is 0. The van der Waals surface area contributed by atoms with E-state index in [1.54, 1.807) is 18.5 Å². The summed E-state index contributed by atoms with van der Waals surface area (Å²) >= 11 is 0. The summed E-state index contributed by atoms with van der Waals surface area (Å²) in [6, 6.07) is 2.19. The van der Waals surface area contributed by atoms with E-state index in [0.29, 0.717) is 27.7 Å². The highest BCUT2D eigenvalue weighted by molar-refractivity contribution is 5.96. The number of fused-ring (bicyclic) bond motifs is 1. The minimum atomic E-state index is -4.43. The van der Waals surface area contributed by atoms with E-state index >= 15 is 0 Å². The maximum atomic E-state index is 13.1. The van der Waals surface area contributed by atoms with Gasteiger partial charge in [-0.15, -0.1) is 0 Å². The molecule has 3 N–H and O–H groups in total. The van der Waals surface area contributed by atoms with E-state index in [1.807, 2.05) is 0 Å². The molecule has 0 aliphatic carbocycles. The van der Waals surface area contributed by atoms with Crippen LogP contribution in [0.5, 0.6) is 0 Å². The molecule has 2 aromatic heterocycles. The smallest absolute Gasteiger partial charge is 0.312 e. The molecule has 0 fully saturated rings. The third-order valence-corrected chi connectivity index (χ3v) is 3.71. The first-order valence-corrected chi connectivity index (χ1v) is 6.61. The highest BCUT2D eigenvalue weighted by Crippen LogP contribution is 2.38. The molecule has 22 heavy (non-hydrogen) atoms. The Morgan fingerprint density at radius 2 is 2.00 bits per heavy atom. The summed E-state index contributed by atoms with van der Waals surface area (Å²) in [6.07, 6.45) is -2.91. The van der Waals surface area contributed by atoms with Gasteiger partial charge in [0.2, 0.25) is 0 Å². The Balaban J connectivity index is 2.35.